The van der Waals surface area contributed by atoms with Crippen molar-refractivity contribution in [2.75, 3.05) is 20.3 Å². The van der Waals surface area contributed by atoms with Crippen LogP contribution in [0.25, 0.3) is 22.1 Å². The summed E-state index contributed by atoms with van der Waals surface area (Å²) in [7, 11) is 1.60. The molecule has 1 aromatic heterocycles. The number of rotatable bonds is 8. The fourth-order valence-corrected chi connectivity index (χ4v) is 4.16. The zero-order valence-corrected chi connectivity index (χ0v) is 19.1. The van der Waals surface area contributed by atoms with E-state index in [9.17, 15) is 9.59 Å². The van der Waals surface area contributed by atoms with Crippen LogP contribution in [0.4, 0.5) is 0 Å². The SMILES string of the molecule is COc1ccc(-c2c(C)oc3cc(OCC(=O)NCCC4=CCCCC4)ccc3c2=O)cc1. The van der Waals surface area contributed by atoms with Crippen molar-refractivity contribution in [2.45, 2.75) is 39.0 Å². The van der Waals surface area contributed by atoms with Crippen molar-refractivity contribution in [1.82, 2.24) is 5.32 Å². The van der Waals surface area contributed by atoms with Crippen LogP contribution in [-0.4, -0.2) is 26.2 Å². The molecule has 4 rings (SSSR count). The monoisotopic (exact) mass is 447 g/mol. The highest BCUT2D eigenvalue weighted by Gasteiger charge is 2.15. The largest absolute Gasteiger partial charge is 0.497 e. The number of carbonyl (C=O) groups excluding carboxylic acids is 1. The van der Waals surface area contributed by atoms with Gasteiger partial charge in [-0.2, -0.15) is 0 Å². The molecule has 0 saturated carbocycles. The van der Waals surface area contributed by atoms with E-state index >= 15 is 0 Å². The van der Waals surface area contributed by atoms with Crippen LogP contribution in [0.3, 0.4) is 0 Å². The highest BCUT2D eigenvalue weighted by molar-refractivity contribution is 5.84. The average Bonchev–Trinajstić information content (AvgIpc) is 2.83. The molecule has 0 unspecified atom stereocenters. The Bertz CT molecular complexity index is 1220. The minimum absolute atomic E-state index is 0.0856. The van der Waals surface area contributed by atoms with Gasteiger partial charge in [0.25, 0.3) is 5.91 Å². The Balaban J connectivity index is 1.42. The summed E-state index contributed by atoms with van der Waals surface area (Å²) < 4.78 is 16.8. The third-order valence-corrected chi connectivity index (χ3v) is 5.94. The molecule has 0 fully saturated rings. The van der Waals surface area contributed by atoms with Gasteiger partial charge in [-0.05, 0) is 68.9 Å². The first-order valence-corrected chi connectivity index (χ1v) is 11.3. The van der Waals surface area contributed by atoms with Gasteiger partial charge in [0, 0.05) is 12.6 Å². The molecule has 0 spiro atoms. The van der Waals surface area contributed by atoms with Crippen LogP contribution in [-0.2, 0) is 4.79 Å². The van der Waals surface area contributed by atoms with Gasteiger partial charge in [0.15, 0.2) is 6.61 Å². The van der Waals surface area contributed by atoms with Crippen molar-refractivity contribution in [2.24, 2.45) is 0 Å². The minimum atomic E-state index is -0.168. The Morgan fingerprint density at radius 3 is 2.61 bits per heavy atom. The molecule has 0 aliphatic heterocycles. The number of nitrogens with one attached hydrogen (secondary N) is 1. The average molecular weight is 448 g/mol. The summed E-state index contributed by atoms with van der Waals surface area (Å²) in [6.07, 6.45) is 7.96. The molecule has 33 heavy (non-hydrogen) atoms. The number of aryl methyl sites for hydroxylation is 1. The lowest BCUT2D eigenvalue weighted by Crippen LogP contribution is -2.30. The van der Waals surface area contributed by atoms with Crippen LogP contribution in [0.15, 0.2) is 63.3 Å². The second-order valence-corrected chi connectivity index (χ2v) is 8.25. The minimum Gasteiger partial charge on any atom is -0.497 e. The summed E-state index contributed by atoms with van der Waals surface area (Å²) in [6.45, 7) is 2.30. The van der Waals surface area contributed by atoms with Crippen LogP contribution >= 0.6 is 0 Å². The van der Waals surface area contributed by atoms with E-state index < -0.39 is 0 Å². The number of hydrogen-bond acceptors (Lipinski definition) is 5. The molecule has 1 aliphatic rings. The van der Waals surface area contributed by atoms with E-state index in [4.69, 9.17) is 13.9 Å². The fourth-order valence-electron chi connectivity index (χ4n) is 4.16. The summed E-state index contributed by atoms with van der Waals surface area (Å²) in [4.78, 5) is 25.3. The van der Waals surface area contributed by atoms with Crippen molar-refractivity contribution < 1.29 is 18.7 Å². The van der Waals surface area contributed by atoms with E-state index in [1.807, 2.05) is 24.3 Å². The number of amides is 1. The second kappa shape index (κ2) is 10.4. The summed E-state index contributed by atoms with van der Waals surface area (Å²) in [5.41, 5.74) is 3.03. The fraction of sp³-hybridized carbons (Fsp3) is 0.333. The van der Waals surface area contributed by atoms with E-state index in [-0.39, 0.29) is 17.9 Å². The Morgan fingerprint density at radius 1 is 1.09 bits per heavy atom. The highest BCUT2D eigenvalue weighted by Crippen LogP contribution is 2.27. The van der Waals surface area contributed by atoms with Gasteiger partial charge in [0.2, 0.25) is 5.43 Å². The topological polar surface area (TPSA) is 77.8 Å². The third kappa shape index (κ3) is 5.45. The summed E-state index contributed by atoms with van der Waals surface area (Å²) in [6, 6.07) is 12.3. The Morgan fingerprint density at radius 2 is 1.88 bits per heavy atom. The van der Waals surface area contributed by atoms with Gasteiger partial charge in [-0.3, -0.25) is 9.59 Å². The van der Waals surface area contributed by atoms with Gasteiger partial charge in [-0.1, -0.05) is 23.8 Å². The van der Waals surface area contributed by atoms with Crippen molar-refractivity contribution in [3.05, 3.63) is 70.1 Å². The van der Waals surface area contributed by atoms with Crippen molar-refractivity contribution >= 4 is 16.9 Å². The number of carbonyl (C=O) groups is 1. The molecule has 1 N–H and O–H groups in total. The zero-order chi connectivity index (χ0) is 23.2. The van der Waals surface area contributed by atoms with Gasteiger partial charge in [0.05, 0.1) is 18.1 Å². The van der Waals surface area contributed by atoms with Gasteiger partial charge in [-0.25, -0.2) is 0 Å². The standard InChI is InChI=1S/C27H29NO5/c1-18-26(20-8-10-21(31-2)11-9-20)27(30)23-13-12-22(16-24(23)33-18)32-17-25(29)28-15-14-19-6-4-3-5-7-19/h6,8-13,16H,3-5,7,14-15,17H2,1-2H3,(H,28,29). The maximum atomic E-state index is 13.1. The maximum Gasteiger partial charge on any atom is 0.257 e. The van der Waals surface area contributed by atoms with Crippen LogP contribution in [0.5, 0.6) is 11.5 Å². The number of fused-ring (bicyclic) bond motifs is 1. The van der Waals surface area contributed by atoms with E-state index in [2.05, 4.69) is 11.4 Å². The molecular formula is C27H29NO5. The molecule has 0 radical (unpaired) electrons. The molecular weight excluding hydrogens is 418 g/mol. The first-order valence-electron chi connectivity index (χ1n) is 11.3. The normalized spacial score (nSPS) is 13.5. The predicted molar refractivity (Wildman–Crippen MR) is 129 cm³/mol. The molecule has 1 aliphatic carbocycles. The van der Waals surface area contributed by atoms with Gasteiger partial charge in [0.1, 0.15) is 22.8 Å². The molecule has 6 nitrogen and oxygen atoms in total. The number of hydrogen-bond donors (Lipinski definition) is 1. The predicted octanol–water partition coefficient (Wildman–Crippen LogP) is 5.16. The second-order valence-electron chi connectivity index (χ2n) is 8.25. The van der Waals surface area contributed by atoms with E-state index in [1.165, 1.54) is 18.4 Å². The first-order chi connectivity index (χ1) is 16.0. The van der Waals surface area contributed by atoms with E-state index in [1.54, 1.807) is 32.2 Å². The number of methoxy groups -OCH3 is 1. The summed E-state index contributed by atoms with van der Waals surface area (Å²) in [5, 5.41) is 3.36. The lowest BCUT2D eigenvalue weighted by atomic mass is 9.97. The number of benzene rings is 2. The van der Waals surface area contributed by atoms with Crippen molar-refractivity contribution in [1.29, 1.82) is 0 Å². The van der Waals surface area contributed by atoms with E-state index in [0.717, 1.165) is 30.6 Å². The smallest absolute Gasteiger partial charge is 0.257 e. The van der Waals surface area contributed by atoms with Crippen molar-refractivity contribution in [3.63, 3.8) is 0 Å². The van der Waals surface area contributed by atoms with Gasteiger partial charge >= 0.3 is 0 Å². The highest BCUT2D eigenvalue weighted by atomic mass is 16.5. The van der Waals surface area contributed by atoms with E-state index in [0.29, 0.717) is 34.6 Å². The Labute approximate surface area is 193 Å². The lowest BCUT2D eigenvalue weighted by Gasteiger charge is -2.13. The molecule has 1 amide bonds. The molecule has 1 heterocycles. The van der Waals surface area contributed by atoms with Crippen LogP contribution in [0, 0.1) is 6.92 Å². The molecule has 2 aromatic carbocycles. The van der Waals surface area contributed by atoms with Crippen LogP contribution in [0.2, 0.25) is 0 Å². The quantitative estimate of drug-likeness (QED) is 0.483. The molecule has 0 saturated heterocycles. The number of allylic oxidation sites excluding steroid dienone is 1. The zero-order valence-electron chi connectivity index (χ0n) is 19.1. The van der Waals surface area contributed by atoms with Gasteiger partial charge < -0.3 is 19.2 Å². The van der Waals surface area contributed by atoms with Crippen molar-refractivity contribution in [3.8, 4) is 22.6 Å². The molecule has 0 atom stereocenters. The van der Waals surface area contributed by atoms with Crippen LogP contribution in [0.1, 0.15) is 37.9 Å². The van der Waals surface area contributed by atoms with Crippen LogP contribution < -0.4 is 20.2 Å². The molecule has 0 bridgehead atoms. The first kappa shape index (κ1) is 22.6. The summed E-state index contributed by atoms with van der Waals surface area (Å²) in [5.74, 6) is 1.55. The molecule has 6 heteroatoms. The Kier molecular flexibility index (Phi) is 7.13. The number of ether oxygens (including phenoxy) is 2. The summed E-state index contributed by atoms with van der Waals surface area (Å²) >= 11 is 0. The van der Waals surface area contributed by atoms with Gasteiger partial charge in [-0.15, -0.1) is 0 Å². The Hall–Kier alpha value is -3.54. The molecule has 172 valence electrons. The molecule has 3 aromatic rings. The lowest BCUT2D eigenvalue weighted by molar-refractivity contribution is -0.123. The maximum absolute atomic E-state index is 13.1. The third-order valence-electron chi connectivity index (χ3n) is 5.94.